The summed E-state index contributed by atoms with van der Waals surface area (Å²) in [6.07, 6.45) is 6.88. The fourth-order valence-corrected chi connectivity index (χ4v) is 2.67. The first-order valence-electron chi connectivity index (χ1n) is 5.17. The van der Waals surface area contributed by atoms with Crippen LogP contribution in [0.4, 0.5) is 11.9 Å². The van der Waals surface area contributed by atoms with Gasteiger partial charge in [-0.3, -0.25) is 0 Å². The molecule has 1 fully saturated rings. The third-order valence-electron chi connectivity index (χ3n) is 3.30. The lowest BCUT2D eigenvalue weighted by Gasteiger charge is -2.16. The number of nitrogen functional groups attached to an aromatic ring is 2. The molecule has 2 bridgehead atoms. The summed E-state index contributed by atoms with van der Waals surface area (Å²) in [5.41, 5.74) is 11.1. The van der Waals surface area contributed by atoms with Crippen LogP contribution >= 0.6 is 0 Å². The van der Waals surface area contributed by atoms with Gasteiger partial charge in [0, 0.05) is 5.92 Å². The SMILES string of the molecule is Nc1nc(N)nc([C@H]2C[C@H]3C=C[C@@H]2C3)n1. The summed E-state index contributed by atoms with van der Waals surface area (Å²) in [5, 5.41) is 0. The molecule has 0 aliphatic heterocycles. The van der Waals surface area contributed by atoms with Crippen LogP contribution in [0.15, 0.2) is 12.2 Å². The van der Waals surface area contributed by atoms with Crippen LogP contribution in [0.1, 0.15) is 24.6 Å². The molecule has 0 radical (unpaired) electrons. The zero-order chi connectivity index (χ0) is 10.4. The largest absolute Gasteiger partial charge is 0.368 e. The van der Waals surface area contributed by atoms with E-state index in [9.17, 15) is 0 Å². The van der Waals surface area contributed by atoms with Crippen molar-refractivity contribution in [2.45, 2.75) is 18.8 Å². The molecule has 2 aliphatic rings. The Kier molecular flexibility index (Phi) is 1.68. The summed E-state index contributed by atoms with van der Waals surface area (Å²) < 4.78 is 0. The van der Waals surface area contributed by atoms with Gasteiger partial charge in [0.05, 0.1) is 0 Å². The number of allylic oxidation sites excluding steroid dienone is 2. The van der Waals surface area contributed by atoms with E-state index in [-0.39, 0.29) is 11.9 Å². The Labute approximate surface area is 87.6 Å². The van der Waals surface area contributed by atoms with Crippen molar-refractivity contribution >= 4 is 11.9 Å². The summed E-state index contributed by atoms with van der Waals surface area (Å²) in [7, 11) is 0. The molecule has 1 saturated carbocycles. The van der Waals surface area contributed by atoms with Crippen LogP contribution in [0.25, 0.3) is 0 Å². The molecule has 0 aromatic carbocycles. The topological polar surface area (TPSA) is 90.7 Å². The highest BCUT2D eigenvalue weighted by Gasteiger charge is 2.38. The Morgan fingerprint density at radius 1 is 1.00 bits per heavy atom. The molecule has 2 aliphatic carbocycles. The van der Waals surface area contributed by atoms with Crippen molar-refractivity contribution in [1.29, 1.82) is 0 Å². The van der Waals surface area contributed by atoms with E-state index < -0.39 is 0 Å². The van der Waals surface area contributed by atoms with Crippen molar-refractivity contribution < 1.29 is 0 Å². The lowest BCUT2D eigenvalue weighted by atomic mass is 9.93. The van der Waals surface area contributed by atoms with Gasteiger partial charge in [-0.1, -0.05) is 12.2 Å². The number of nitrogens with zero attached hydrogens (tertiary/aromatic N) is 3. The molecule has 4 N–H and O–H groups in total. The molecular weight excluding hydrogens is 190 g/mol. The smallest absolute Gasteiger partial charge is 0.225 e. The maximum atomic E-state index is 5.56. The minimum Gasteiger partial charge on any atom is -0.368 e. The highest BCUT2D eigenvalue weighted by Crippen LogP contribution is 2.47. The standard InChI is InChI=1S/C10H13N5/c11-9-13-8(14-10(12)15-9)7-4-5-1-2-6(7)3-5/h1-2,5-7H,3-4H2,(H4,11,12,13,14,15)/t5-,6+,7-/m0/s1. The van der Waals surface area contributed by atoms with Crippen LogP contribution in [0.2, 0.25) is 0 Å². The first-order valence-corrected chi connectivity index (χ1v) is 5.17. The van der Waals surface area contributed by atoms with Gasteiger partial charge >= 0.3 is 0 Å². The monoisotopic (exact) mass is 203 g/mol. The number of hydrogen-bond donors (Lipinski definition) is 2. The van der Waals surface area contributed by atoms with Crippen LogP contribution in [0.3, 0.4) is 0 Å². The normalized spacial score (nSPS) is 32.4. The van der Waals surface area contributed by atoms with E-state index in [0.717, 1.165) is 12.2 Å². The highest BCUT2D eigenvalue weighted by molar-refractivity contribution is 5.29. The molecule has 0 unspecified atom stereocenters. The third-order valence-corrected chi connectivity index (χ3v) is 3.30. The summed E-state index contributed by atoms with van der Waals surface area (Å²) in [6, 6.07) is 0. The predicted octanol–water partition coefficient (Wildman–Crippen LogP) is 0.716. The van der Waals surface area contributed by atoms with Gasteiger partial charge in [0.1, 0.15) is 5.82 Å². The Hall–Kier alpha value is -1.65. The van der Waals surface area contributed by atoms with E-state index in [1.165, 1.54) is 6.42 Å². The van der Waals surface area contributed by atoms with Crippen molar-refractivity contribution in [3.8, 4) is 0 Å². The number of rotatable bonds is 1. The van der Waals surface area contributed by atoms with Crippen molar-refractivity contribution in [2.75, 3.05) is 11.5 Å². The molecule has 1 aromatic rings. The van der Waals surface area contributed by atoms with E-state index in [4.69, 9.17) is 11.5 Å². The first-order chi connectivity index (χ1) is 7.22. The van der Waals surface area contributed by atoms with E-state index in [2.05, 4.69) is 27.1 Å². The zero-order valence-electron chi connectivity index (χ0n) is 8.30. The van der Waals surface area contributed by atoms with Crippen molar-refractivity contribution in [1.82, 2.24) is 15.0 Å². The van der Waals surface area contributed by atoms with Gasteiger partial charge in [-0.2, -0.15) is 15.0 Å². The summed E-state index contributed by atoms with van der Waals surface area (Å²) in [6.45, 7) is 0. The van der Waals surface area contributed by atoms with Crippen molar-refractivity contribution in [3.63, 3.8) is 0 Å². The Balaban J connectivity index is 1.96. The number of anilines is 2. The lowest BCUT2D eigenvalue weighted by molar-refractivity contribution is 0.552. The van der Waals surface area contributed by atoms with Crippen LogP contribution in [-0.2, 0) is 0 Å². The molecule has 0 spiro atoms. The van der Waals surface area contributed by atoms with Gasteiger partial charge < -0.3 is 11.5 Å². The van der Waals surface area contributed by atoms with Gasteiger partial charge in [0.25, 0.3) is 0 Å². The average Bonchev–Trinajstić information content (AvgIpc) is 2.76. The minimum atomic E-state index is 0.226. The van der Waals surface area contributed by atoms with Gasteiger partial charge in [0.2, 0.25) is 11.9 Å². The molecule has 1 heterocycles. The fraction of sp³-hybridized carbons (Fsp3) is 0.500. The molecule has 5 nitrogen and oxygen atoms in total. The number of fused-ring (bicyclic) bond motifs is 2. The lowest BCUT2D eigenvalue weighted by Crippen LogP contribution is -2.13. The molecule has 3 atom stereocenters. The Morgan fingerprint density at radius 2 is 1.73 bits per heavy atom. The quantitative estimate of drug-likeness (QED) is 0.656. The molecule has 0 amide bonds. The predicted molar refractivity (Wildman–Crippen MR) is 56.7 cm³/mol. The van der Waals surface area contributed by atoms with E-state index in [1.54, 1.807) is 0 Å². The summed E-state index contributed by atoms with van der Waals surface area (Å²) in [4.78, 5) is 12.1. The van der Waals surface area contributed by atoms with E-state index in [0.29, 0.717) is 17.8 Å². The molecule has 5 heteroatoms. The Bertz CT molecular complexity index is 408. The van der Waals surface area contributed by atoms with Gasteiger partial charge in [0.15, 0.2) is 0 Å². The van der Waals surface area contributed by atoms with Crippen LogP contribution in [0.5, 0.6) is 0 Å². The molecule has 1 aromatic heterocycles. The molecule has 3 rings (SSSR count). The average molecular weight is 203 g/mol. The first kappa shape index (κ1) is 8.64. The second kappa shape index (κ2) is 2.92. The van der Waals surface area contributed by atoms with Crippen molar-refractivity contribution in [2.24, 2.45) is 11.8 Å². The molecular formula is C10H13N5. The third kappa shape index (κ3) is 1.35. The van der Waals surface area contributed by atoms with E-state index in [1.807, 2.05) is 0 Å². The maximum Gasteiger partial charge on any atom is 0.225 e. The molecule has 0 saturated heterocycles. The van der Waals surface area contributed by atoms with Crippen LogP contribution in [-0.4, -0.2) is 15.0 Å². The maximum absolute atomic E-state index is 5.56. The second-order valence-electron chi connectivity index (χ2n) is 4.30. The fourth-order valence-electron chi connectivity index (χ4n) is 2.67. The minimum absolute atomic E-state index is 0.226. The van der Waals surface area contributed by atoms with Gasteiger partial charge in [-0.15, -0.1) is 0 Å². The molecule has 78 valence electrons. The zero-order valence-corrected chi connectivity index (χ0v) is 8.30. The summed E-state index contributed by atoms with van der Waals surface area (Å²) >= 11 is 0. The van der Waals surface area contributed by atoms with Crippen molar-refractivity contribution in [3.05, 3.63) is 18.0 Å². The number of hydrogen-bond acceptors (Lipinski definition) is 5. The Morgan fingerprint density at radius 3 is 2.27 bits per heavy atom. The highest BCUT2D eigenvalue weighted by atomic mass is 15.1. The molecule has 15 heavy (non-hydrogen) atoms. The van der Waals surface area contributed by atoms with E-state index >= 15 is 0 Å². The van der Waals surface area contributed by atoms with Crippen LogP contribution < -0.4 is 11.5 Å². The van der Waals surface area contributed by atoms with Gasteiger partial charge in [-0.05, 0) is 24.7 Å². The second-order valence-corrected chi connectivity index (χ2v) is 4.30. The summed E-state index contributed by atoms with van der Waals surface area (Å²) in [5.74, 6) is 2.85. The van der Waals surface area contributed by atoms with Gasteiger partial charge in [-0.25, -0.2) is 0 Å². The number of aromatic nitrogens is 3. The number of nitrogens with two attached hydrogens (primary N) is 2. The van der Waals surface area contributed by atoms with Crippen LogP contribution in [0, 0.1) is 11.8 Å².